The summed E-state index contributed by atoms with van der Waals surface area (Å²) >= 11 is 0. The zero-order chi connectivity index (χ0) is 25.0. The number of rotatable bonds is 8. The largest absolute Gasteiger partial charge is 0.493 e. The lowest BCUT2D eigenvalue weighted by Gasteiger charge is -2.25. The van der Waals surface area contributed by atoms with Crippen LogP contribution in [-0.4, -0.2) is 37.7 Å². The van der Waals surface area contributed by atoms with E-state index >= 15 is 0 Å². The Bertz CT molecular complexity index is 1360. The molecular formula is C28H28N2O5. The first-order chi connectivity index (χ1) is 16.8. The minimum Gasteiger partial charge on any atom is -0.493 e. The van der Waals surface area contributed by atoms with Gasteiger partial charge in [0.25, 0.3) is 5.91 Å². The summed E-state index contributed by atoms with van der Waals surface area (Å²) in [5.74, 6) is 0.424. The maximum Gasteiger partial charge on any atom is 0.338 e. The number of aromatic amines is 1. The molecule has 0 radical (unpaired) electrons. The molecule has 0 saturated carbocycles. The minimum absolute atomic E-state index is 0.217. The Kier molecular flexibility index (Phi) is 6.78. The highest BCUT2D eigenvalue weighted by Crippen LogP contribution is 2.29. The van der Waals surface area contributed by atoms with Crippen molar-refractivity contribution in [3.05, 3.63) is 89.6 Å². The fourth-order valence-corrected chi connectivity index (χ4v) is 3.78. The van der Waals surface area contributed by atoms with Gasteiger partial charge < -0.3 is 24.5 Å². The van der Waals surface area contributed by atoms with Gasteiger partial charge >= 0.3 is 5.97 Å². The molecule has 35 heavy (non-hydrogen) atoms. The number of anilines is 1. The molecule has 3 aromatic carbocycles. The third-order valence-electron chi connectivity index (χ3n) is 5.92. The van der Waals surface area contributed by atoms with Crippen LogP contribution < -0.4 is 14.8 Å². The number of benzene rings is 3. The van der Waals surface area contributed by atoms with E-state index in [0.717, 1.165) is 16.5 Å². The molecule has 0 atom stereocenters. The number of carbonyl (C=O) groups excluding carboxylic acids is 2. The van der Waals surface area contributed by atoms with Crippen molar-refractivity contribution in [2.45, 2.75) is 19.3 Å². The summed E-state index contributed by atoms with van der Waals surface area (Å²) in [6.45, 7) is 4.23. The lowest BCUT2D eigenvalue weighted by atomic mass is 9.85. The maximum atomic E-state index is 12.7. The van der Waals surface area contributed by atoms with Gasteiger partial charge in [-0.1, -0.05) is 26.0 Å². The summed E-state index contributed by atoms with van der Waals surface area (Å²) in [7, 11) is 3.07. The predicted octanol–water partition coefficient (Wildman–Crippen LogP) is 5.57. The lowest BCUT2D eigenvalue weighted by Crippen LogP contribution is -2.26. The number of carbonyl (C=O) groups is 2. The van der Waals surface area contributed by atoms with E-state index in [1.807, 2.05) is 62.5 Å². The molecule has 0 aliphatic carbocycles. The first-order valence-electron chi connectivity index (χ1n) is 11.2. The van der Waals surface area contributed by atoms with Gasteiger partial charge in [0.2, 0.25) is 0 Å². The average Bonchev–Trinajstić information content (AvgIpc) is 3.35. The maximum absolute atomic E-state index is 12.7. The molecule has 0 saturated heterocycles. The zero-order valence-electron chi connectivity index (χ0n) is 20.2. The number of ether oxygens (including phenoxy) is 3. The first-order valence-corrected chi connectivity index (χ1v) is 11.2. The number of nitrogens with one attached hydrogen (secondary N) is 2. The van der Waals surface area contributed by atoms with Crippen molar-refractivity contribution in [3.63, 3.8) is 0 Å². The first kappa shape index (κ1) is 23.9. The van der Waals surface area contributed by atoms with Crippen molar-refractivity contribution in [3.8, 4) is 11.5 Å². The SMILES string of the molecule is COc1ccc(C(=O)Nc2ccc(C(C)(C)COC(=O)c3ccc4[nH]ccc4c3)cc2)cc1OC. The number of hydrogen-bond donors (Lipinski definition) is 2. The van der Waals surface area contributed by atoms with Crippen LogP contribution in [0.3, 0.4) is 0 Å². The second-order valence-corrected chi connectivity index (χ2v) is 8.84. The van der Waals surface area contributed by atoms with Gasteiger partial charge in [0.15, 0.2) is 11.5 Å². The van der Waals surface area contributed by atoms with Crippen LogP contribution in [0.25, 0.3) is 10.9 Å². The molecule has 7 nitrogen and oxygen atoms in total. The molecule has 0 aliphatic rings. The Balaban J connectivity index is 1.38. The van der Waals surface area contributed by atoms with Crippen molar-refractivity contribution in [1.82, 2.24) is 4.98 Å². The van der Waals surface area contributed by atoms with Crippen LogP contribution in [0.15, 0.2) is 72.9 Å². The summed E-state index contributed by atoms with van der Waals surface area (Å²) in [5, 5.41) is 3.85. The normalized spacial score (nSPS) is 11.2. The van der Waals surface area contributed by atoms with Gasteiger partial charge in [0.1, 0.15) is 6.61 Å². The number of fused-ring (bicyclic) bond motifs is 1. The highest BCUT2D eigenvalue weighted by atomic mass is 16.5. The molecule has 0 unspecified atom stereocenters. The van der Waals surface area contributed by atoms with E-state index in [9.17, 15) is 9.59 Å². The van der Waals surface area contributed by atoms with E-state index in [1.54, 1.807) is 31.4 Å². The van der Waals surface area contributed by atoms with E-state index in [1.165, 1.54) is 7.11 Å². The molecular weight excluding hydrogens is 444 g/mol. The molecule has 4 aromatic rings. The second-order valence-electron chi connectivity index (χ2n) is 8.84. The van der Waals surface area contributed by atoms with Crippen LogP contribution in [0, 0.1) is 0 Å². The third kappa shape index (κ3) is 5.30. The monoisotopic (exact) mass is 472 g/mol. The van der Waals surface area contributed by atoms with Gasteiger partial charge in [0, 0.05) is 33.8 Å². The van der Waals surface area contributed by atoms with Gasteiger partial charge in [-0.2, -0.15) is 0 Å². The minimum atomic E-state index is -0.417. The molecule has 7 heteroatoms. The standard InChI is InChI=1S/C28H28N2O5/c1-28(2,17-35-27(32)20-5-11-23-18(15-20)13-14-29-23)21-7-9-22(10-8-21)30-26(31)19-6-12-24(33-3)25(16-19)34-4/h5-16,29H,17H2,1-4H3,(H,30,31). The van der Waals surface area contributed by atoms with Gasteiger partial charge in [-0.05, 0) is 60.2 Å². The fraction of sp³-hybridized carbons (Fsp3) is 0.214. The molecule has 0 spiro atoms. The Morgan fingerprint density at radius 1 is 0.857 bits per heavy atom. The number of aromatic nitrogens is 1. The molecule has 2 N–H and O–H groups in total. The second kappa shape index (κ2) is 9.93. The summed E-state index contributed by atoms with van der Waals surface area (Å²) in [6.07, 6.45) is 1.84. The van der Waals surface area contributed by atoms with Crippen molar-refractivity contribution < 1.29 is 23.8 Å². The lowest BCUT2D eigenvalue weighted by molar-refractivity contribution is 0.0427. The van der Waals surface area contributed by atoms with E-state index in [0.29, 0.717) is 28.3 Å². The van der Waals surface area contributed by atoms with Crippen molar-refractivity contribution >= 4 is 28.5 Å². The summed E-state index contributed by atoms with van der Waals surface area (Å²) < 4.78 is 16.1. The van der Waals surface area contributed by atoms with Crippen LogP contribution in [0.2, 0.25) is 0 Å². The summed E-state index contributed by atoms with van der Waals surface area (Å²) in [6, 6.07) is 19.9. The van der Waals surface area contributed by atoms with Crippen LogP contribution in [0.5, 0.6) is 11.5 Å². The fourth-order valence-electron chi connectivity index (χ4n) is 3.78. The molecule has 0 aliphatic heterocycles. The predicted molar refractivity (Wildman–Crippen MR) is 136 cm³/mol. The van der Waals surface area contributed by atoms with Crippen LogP contribution >= 0.6 is 0 Å². The Morgan fingerprint density at radius 2 is 1.57 bits per heavy atom. The molecule has 0 fully saturated rings. The number of hydrogen-bond acceptors (Lipinski definition) is 5. The molecule has 1 amide bonds. The zero-order valence-corrected chi connectivity index (χ0v) is 20.2. The Labute approximate surface area is 204 Å². The van der Waals surface area contributed by atoms with Crippen LogP contribution in [0.1, 0.15) is 40.1 Å². The van der Waals surface area contributed by atoms with Crippen LogP contribution in [-0.2, 0) is 10.2 Å². The summed E-state index contributed by atoms with van der Waals surface area (Å²) in [4.78, 5) is 28.4. The highest BCUT2D eigenvalue weighted by Gasteiger charge is 2.23. The van der Waals surface area contributed by atoms with E-state index in [2.05, 4.69) is 10.3 Å². The van der Waals surface area contributed by atoms with Crippen LogP contribution in [0.4, 0.5) is 5.69 Å². The molecule has 4 rings (SSSR count). The number of methoxy groups -OCH3 is 2. The van der Waals surface area contributed by atoms with E-state index < -0.39 is 5.41 Å². The van der Waals surface area contributed by atoms with Gasteiger partial charge in [0.05, 0.1) is 19.8 Å². The number of H-pyrrole nitrogens is 1. The summed E-state index contributed by atoms with van der Waals surface area (Å²) in [5.41, 5.74) is 3.16. The highest BCUT2D eigenvalue weighted by molar-refractivity contribution is 6.04. The molecule has 1 heterocycles. The number of amides is 1. The Morgan fingerprint density at radius 3 is 2.29 bits per heavy atom. The quantitative estimate of drug-likeness (QED) is 0.327. The third-order valence-corrected chi connectivity index (χ3v) is 5.92. The molecule has 180 valence electrons. The van der Waals surface area contributed by atoms with Crippen molar-refractivity contribution in [1.29, 1.82) is 0 Å². The van der Waals surface area contributed by atoms with E-state index in [4.69, 9.17) is 14.2 Å². The molecule has 0 bridgehead atoms. The van der Waals surface area contributed by atoms with Crippen molar-refractivity contribution in [2.24, 2.45) is 0 Å². The van der Waals surface area contributed by atoms with Crippen molar-refractivity contribution in [2.75, 3.05) is 26.1 Å². The number of esters is 1. The average molecular weight is 473 g/mol. The van der Waals surface area contributed by atoms with Gasteiger partial charge in [-0.25, -0.2) is 4.79 Å². The van der Waals surface area contributed by atoms with Gasteiger partial charge in [-0.3, -0.25) is 4.79 Å². The van der Waals surface area contributed by atoms with E-state index in [-0.39, 0.29) is 18.5 Å². The molecule has 1 aromatic heterocycles. The topological polar surface area (TPSA) is 89.6 Å². The Hall–Kier alpha value is -4.26. The van der Waals surface area contributed by atoms with Gasteiger partial charge in [-0.15, -0.1) is 0 Å². The smallest absolute Gasteiger partial charge is 0.338 e.